The Kier molecular flexibility index (Phi) is 8.71. The molecule has 0 radical (unpaired) electrons. The minimum Gasteiger partial charge on any atom is -0.456 e. The number of esters is 1. The van der Waals surface area contributed by atoms with Gasteiger partial charge in [0, 0.05) is 13.0 Å². The van der Waals surface area contributed by atoms with Gasteiger partial charge in [-0.25, -0.2) is 14.5 Å². The Hall–Kier alpha value is -4.01. The fourth-order valence-electron chi connectivity index (χ4n) is 4.74. The number of nitrogens with zero attached hydrogens (tertiary/aromatic N) is 1. The maximum Gasteiger partial charge on any atom is 0.417 e. The Morgan fingerprint density at radius 2 is 1.57 bits per heavy atom. The molecule has 3 aromatic carbocycles. The average molecular weight is 545 g/mol. The van der Waals surface area contributed by atoms with Crippen LogP contribution in [0.3, 0.4) is 0 Å². The van der Waals surface area contributed by atoms with Crippen LogP contribution in [0, 0.1) is 0 Å². The highest BCUT2D eigenvalue weighted by molar-refractivity contribution is 5.99. The summed E-state index contributed by atoms with van der Waals surface area (Å²) in [6.07, 6.45) is -1.79. The topological polar surface area (TPSA) is 105 Å². The number of carbonyl (C=O) groups is 3. The van der Waals surface area contributed by atoms with Crippen LogP contribution in [0.25, 0.3) is 0 Å². The summed E-state index contributed by atoms with van der Waals surface area (Å²) in [6, 6.07) is 24.8. The van der Waals surface area contributed by atoms with Gasteiger partial charge in [0.15, 0.2) is 0 Å². The van der Waals surface area contributed by atoms with Crippen LogP contribution >= 0.6 is 0 Å². The van der Waals surface area contributed by atoms with Crippen molar-refractivity contribution in [2.24, 2.45) is 0 Å². The minimum absolute atomic E-state index is 0.0297. The molecule has 8 nitrogen and oxygen atoms in total. The number of aliphatic hydroxyl groups is 1. The van der Waals surface area contributed by atoms with Gasteiger partial charge in [-0.05, 0) is 56.5 Å². The maximum absolute atomic E-state index is 14.3. The van der Waals surface area contributed by atoms with Crippen molar-refractivity contribution in [2.45, 2.75) is 63.9 Å². The zero-order chi connectivity index (χ0) is 28.9. The highest BCUT2D eigenvalue weighted by Crippen LogP contribution is 2.33. The second-order valence-corrected chi connectivity index (χ2v) is 11.0. The van der Waals surface area contributed by atoms with Crippen molar-refractivity contribution in [3.8, 4) is 0 Å². The van der Waals surface area contributed by atoms with Crippen molar-refractivity contribution in [1.82, 2.24) is 10.2 Å². The fraction of sp³-hybridized carbons (Fsp3) is 0.344. The van der Waals surface area contributed by atoms with Gasteiger partial charge in [0.2, 0.25) is 0 Å². The molecule has 0 aliphatic carbocycles. The van der Waals surface area contributed by atoms with E-state index in [2.05, 4.69) is 5.32 Å². The molecule has 0 aromatic heterocycles. The van der Waals surface area contributed by atoms with Crippen LogP contribution in [-0.2, 0) is 27.2 Å². The molecule has 1 aliphatic rings. The molecule has 1 aliphatic heterocycles. The lowest BCUT2D eigenvalue weighted by molar-refractivity contribution is -0.141. The number of benzene rings is 3. The van der Waals surface area contributed by atoms with Gasteiger partial charge >= 0.3 is 12.1 Å². The van der Waals surface area contributed by atoms with E-state index >= 15 is 0 Å². The Bertz CT molecular complexity index is 1320. The van der Waals surface area contributed by atoms with Gasteiger partial charge in [0.25, 0.3) is 5.91 Å². The standard InChI is InChI=1S/C32H36N2O6/c1-22(35)32(19-23-11-7-5-8-12-23,29(37)34-27(21-39-30(34)38)25-13-9-6-10-14-25)33-20-24-15-17-26(18-16-24)28(36)40-31(2,3)4/h5-18,22,27,33,35H,19-21H2,1-4H3/t22-,27-,32-/m1/s1. The first-order chi connectivity index (χ1) is 19.0. The van der Waals surface area contributed by atoms with Crippen LogP contribution in [0.2, 0.25) is 0 Å². The van der Waals surface area contributed by atoms with Crippen molar-refractivity contribution in [1.29, 1.82) is 0 Å². The van der Waals surface area contributed by atoms with Crippen LogP contribution in [0.5, 0.6) is 0 Å². The van der Waals surface area contributed by atoms with Crippen molar-refractivity contribution >= 4 is 18.0 Å². The second-order valence-electron chi connectivity index (χ2n) is 11.0. The maximum atomic E-state index is 14.3. The molecule has 8 heteroatoms. The lowest BCUT2D eigenvalue weighted by Gasteiger charge is -2.39. The van der Waals surface area contributed by atoms with Gasteiger partial charge in [0.1, 0.15) is 23.8 Å². The lowest BCUT2D eigenvalue weighted by Crippen LogP contribution is -2.65. The van der Waals surface area contributed by atoms with Crippen LogP contribution in [-0.4, -0.2) is 51.8 Å². The molecule has 0 unspecified atom stereocenters. The minimum atomic E-state index is -1.55. The highest BCUT2D eigenvalue weighted by atomic mass is 16.6. The molecule has 0 saturated carbocycles. The molecule has 1 fully saturated rings. The van der Waals surface area contributed by atoms with E-state index in [0.29, 0.717) is 5.56 Å². The third-order valence-electron chi connectivity index (χ3n) is 6.89. The molecule has 1 saturated heterocycles. The van der Waals surface area contributed by atoms with Gasteiger partial charge in [-0.3, -0.25) is 10.1 Å². The largest absolute Gasteiger partial charge is 0.456 e. The van der Waals surface area contributed by atoms with Crippen LogP contribution in [0.1, 0.15) is 60.8 Å². The van der Waals surface area contributed by atoms with Gasteiger partial charge in [-0.1, -0.05) is 72.8 Å². The molecular weight excluding hydrogens is 508 g/mol. The SMILES string of the molecule is C[C@@H](O)[C@@](Cc1ccccc1)(NCc1ccc(C(=O)OC(C)(C)C)cc1)C(=O)N1C(=O)OC[C@@H]1c1ccccc1. The van der Waals surface area contributed by atoms with E-state index in [9.17, 15) is 19.5 Å². The molecule has 0 bridgehead atoms. The zero-order valence-electron chi connectivity index (χ0n) is 23.3. The number of carbonyl (C=O) groups excluding carboxylic acids is 3. The van der Waals surface area contributed by atoms with Gasteiger partial charge in [0.05, 0.1) is 11.7 Å². The third-order valence-corrected chi connectivity index (χ3v) is 6.89. The lowest BCUT2D eigenvalue weighted by atomic mass is 9.83. The summed E-state index contributed by atoms with van der Waals surface area (Å²) >= 11 is 0. The number of ether oxygens (including phenoxy) is 2. The molecule has 40 heavy (non-hydrogen) atoms. The predicted octanol–water partition coefficient (Wildman–Crippen LogP) is 4.81. The fourth-order valence-corrected chi connectivity index (χ4v) is 4.74. The predicted molar refractivity (Wildman–Crippen MR) is 150 cm³/mol. The summed E-state index contributed by atoms with van der Waals surface area (Å²) < 4.78 is 10.8. The second kappa shape index (κ2) is 12.0. The Labute approximate surface area is 234 Å². The Morgan fingerprint density at radius 3 is 2.15 bits per heavy atom. The van der Waals surface area contributed by atoms with Gasteiger partial charge < -0.3 is 14.6 Å². The molecule has 1 heterocycles. The first-order valence-electron chi connectivity index (χ1n) is 13.3. The number of hydrogen-bond acceptors (Lipinski definition) is 7. The van der Waals surface area contributed by atoms with E-state index in [-0.39, 0.29) is 19.6 Å². The van der Waals surface area contributed by atoms with Crippen molar-refractivity contribution in [3.63, 3.8) is 0 Å². The summed E-state index contributed by atoms with van der Waals surface area (Å²) in [5.74, 6) is -1.00. The quantitative estimate of drug-likeness (QED) is 0.372. The number of aliphatic hydroxyl groups excluding tert-OH is 1. The molecule has 3 aromatic rings. The Balaban J connectivity index is 1.65. The summed E-state index contributed by atoms with van der Waals surface area (Å²) in [5, 5.41) is 14.5. The van der Waals surface area contributed by atoms with Crippen molar-refractivity contribution in [2.75, 3.05) is 6.61 Å². The molecule has 4 rings (SSSR count). The van der Waals surface area contributed by atoms with Crippen molar-refractivity contribution in [3.05, 3.63) is 107 Å². The van der Waals surface area contributed by atoms with E-state index in [4.69, 9.17) is 9.47 Å². The highest BCUT2D eigenvalue weighted by Gasteiger charge is 2.51. The molecule has 0 spiro atoms. The van der Waals surface area contributed by atoms with Crippen LogP contribution < -0.4 is 5.32 Å². The number of amides is 2. The number of rotatable bonds is 9. The van der Waals surface area contributed by atoms with E-state index in [1.807, 2.05) is 60.7 Å². The molecule has 2 amide bonds. The summed E-state index contributed by atoms with van der Waals surface area (Å²) in [7, 11) is 0. The Morgan fingerprint density at radius 1 is 0.975 bits per heavy atom. The van der Waals surface area contributed by atoms with Crippen molar-refractivity contribution < 1.29 is 29.0 Å². The number of nitrogens with one attached hydrogen (secondary N) is 1. The molecule has 210 valence electrons. The normalized spacial score (nSPS) is 17.6. The van der Waals surface area contributed by atoms with Crippen LogP contribution in [0.15, 0.2) is 84.9 Å². The number of hydrogen-bond donors (Lipinski definition) is 2. The summed E-state index contributed by atoms with van der Waals surface area (Å²) in [6.45, 7) is 7.18. The average Bonchev–Trinajstić information content (AvgIpc) is 3.32. The van der Waals surface area contributed by atoms with E-state index < -0.39 is 41.3 Å². The monoisotopic (exact) mass is 544 g/mol. The zero-order valence-corrected chi connectivity index (χ0v) is 23.3. The van der Waals surface area contributed by atoms with Crippen LogP contribution in [0.4, 0.5) is 4.79 Å². The van der Waals surface area contributed by atoms with Gasteiger partial charge in [-0.2, -0.15) is 0 Å². The first kappa shape index (κ1) is 29.0. The van der Waals surface area contributed by atoms with E-state index in [1.54, 1.807) is 52.0 Å². The first-order valence-corrected chi connectivity index (χ1v) is 13.3. The van der Waals surface area contributed by atoms with E-state index in [1.165, 1.54) is 0 Å². The molecular formula is C32H36N2O6. The van der Waals surface area contributed by atoms with E-state index in [0.717, 1.165) is 21.6 Å². The van der Waals surface area contributed by atoms with Gasteiger partial charge in [-0.15, -0.1) is 0 Å². The number of imide groups is 1. The summed E-state index contributed by atoms with van der Waals surface area (Å²) in [4.78, 5) is 40.8. The molecule has 2 N–H and O–H groups in total. The third kappa shape index (κ3) is 6.58. The summed E-state index contributed by atoms with van der Waals surface area (Å²) in [5.41, 5.74) is 0.599. The smallest absolute Gasteiger partial charge is 0.417 e. The number of cyclic esters (lactones) is 1. The molecule has 3 atom stereocenters.